The Labute approximate surface area is 245 Å². The summed E-state index contributed by atoms with van der Waals surface area (Å²) in [4.78, 5) is 52.8. The second-order valence-electron chi connectivity index (χ2n) is 9.03. The molecule has 1 aliphatic carbocycles. The van der Waals surface area contributed by atoms with Crippen LogP contribution in [-0.4, -0.2) is 60.8 Å². The summed E-state index contributed by atoms with van der Waals surface area (Å²) in [5.74, 6) is -0.278. The number of carbonyl (C=O) groups excluding carboxylic acids is 4. The molecule has 1 fully saturated rings. The van der Waals surface area contributed by atoms with Gasteiger partial charge in [0.2, 0.25) is 5.91 Å². The van der Waals surface area contributed by atoms with Gasteiger partial charge in [-0.05, 0) is 29.7 Å². The van der Waals surface area contributed by atoms with E-state index in [0.717, 1.165) is 30.3 Å². The number of hydrogen-bond acceptors (Lipinski definition) is 7. The number of carbonyl (C=O) groups is 3. The van der Waals surface area contributed by atoms with E-state index in [0.29, 0.717) is 46.0 Å². The van der Waals surface area contributed by atoms with Gasteiger partial charge in [-0.3, -0.25) is 31.5 Å². The van der Waals surface area contributed by atoms with Crippen molar-refractivity contribution in [1.82, 2.24) is 25.9 Å². The molecule has 10 nitrogen and oxygen atoms in total. The molecule has 2 aliphatic rings. The fraction of sp³-hybridized carbons (Fsp3) is 0.310. The van der Waals surface area contributed by atoms with Crippen LogP contribution in [0.2, 0.25) is 0 Å². The summed E-state index contributed by atoms with van der Waals surface area (Å²) in [6, 6.07) is 11.2. The third-order valence-corrected chi connectivity index (χ3v) is 6.74. The van der Waals surface area contributed by atoms with Gasteiger partial charge in [-0.15, -0.1) is 11.0 Å². The van der Waals surface area contributed by atoms with Crippen molar-refractivity contribution in [2.24, 2.45) is 5.92 Å². The number of nitrogens with one attached hydrogen (secondary N) is 3. The van der Waals surface area contributed by atoms with Crippen LogP contribution in [0.1, 0.15) is 46.4 Å². The Kier molecular flexibility index (Phi) is 12.5. The molecule has 1 saturated carbocycles. The summed E-state index contributed by atoms with van der Waals surface area (Å²) in [7, 11) is 0. The molecule has 6 rings (SSSR count). The summed E-state index contributed by atoms with van der Waals surface area (Å²) in [6.45, 7) is 5.39. The van der Waals surface area contributed by atoms with E-state index < -0.39 is 0 Å². The third kappa shape index (κ3) is 6.60. The minimum Gasteiger partial charge on any atom is -0.655 e. The van der Waals surface area contributed by atoms with E-state index in [1.165, 1.54) is 12.8 Å². The van der Waals surface area contributed by atoms with Gasteiger partial charge in [0, 0.05) is 37.1 Å². The molecule has 2 aromatic carbocycles. The second kappa shape index (κ2) is 15.3. The quantitative estimate of drug-likeness (QED) is 0.0833. The Balaban J connectivity index is 0.000000275. The molecule has 3 heterocycles. The average molecular weight is 632 g/mol. The zero-order valence-corrected chi connectivity index (χ0v) is 23.9. The molecule has 211 valence electrons. The molecule has 2 aromatic heterocycles. The number of rotatable bonds is 6. The van der Waals surface area contributed by atoms with Gasteiger partial charge in [-0.25, -0.2) is 0 Å². The summed E-state index contributed by atoms with van der Waals surface area (Å²) < 4.78 is 0. The van der Waals surface area contributed by atoms with Crippen molar-refractivity contribution in [3.05, 3.63) is 61.1 Å². The van der Waals surface area contributed by atoms with E-state index >= 15 is 0 Å². The minimum absolute atomic E-state index is 0. The molecule has 1 aliphatic heterocycles. The first-order valence-corrected chi connectivity index (χ1v) is 12.5. The molecule has 0 unspecified atom stereocenters. The maximum Gasteiger partial charge on any atom is 3.00 e. The molecule has 3 amide bonds. The van der Waals surface area contributed by atoms with Gasteiger partial charge in [-0.2, -0.15) is 0 Å². The van der Waals surface area contributed by atoms with Crippen LogP contribution in [0.25, 0.3) is 32.7 Å². The zero-order valence-electron chi connectivity index (χ0n) is 22.2. The number of amides is 3. The number of imide groups is 1. The van der Waals surface area contributed by atoms with E-state index in [1.54, 1.807) is 18.3 Å². The van der Waals surface area contributed by atoms with Crippen LogP contribution in [0.3, 0.4) is 0 Å². The molecule has 0 atom stereocenters. The number of pyridine rings is 1. The van der Waals surface area contributed by atoms with Gasteiger partial charge in [0.1, 0.15) is 0 Å². The van der Waals surface area contributed by atoms with Crippen molar-refractivity contribution < 1.29 is 43.8 Å². The van der Waals surface area contributed by atoms with E-state index in [4.69, 9.17) is 9.90 Å². The molecule has 4 N–H and O–H groups in total. The van der Waals surface area contributed by atoms with Crippen LogP contribution >= 0.6 is 0 Å². The van der Waals surface area contributed by atoms with E-state index in [2.05, 4.69) is 32.7 Å². The van der Waals surface area contributed by atoms with Crippen LogP contribution in [0, 0.1) is 13.3 Å². The van der Waals surface area contributed by atoms with Crippen LogP contribution in [0.4, 0.5) is 0 Å². The molecule has 4 aromatic rings. The zero-order chi connectivity index (χ0) is 27.1. The van der Waals surface area contributed by atoms with Gasteiger partial charge >= 0.3 is 19.5 Å². The van der Waals surface area contributed by atoms with E-state index in [1.807, 2.05) is 24.3 Å². The van der Waals surface area contributed by atoms with Crippen molar-refractivity contribution in [3.63, 3.8) is 0 Å². The third-order valence-electron chi connectivity index (χ3n) is 6.74. The van der Waals surface area contributed by atoms with Crippen LogP contribution in [0.5, 0.6) is 0 Å². The predicted molar refractivity (Wildman–Crippen MR) is 150 cm³/mol. The second-order valence-corrected chi connectivity index (χ2v) is 9.03. The van der Waals surface area contributed by atoms with Crippen LogP contribution in [0.15, 0.2) is 42.6 Å². The molecule has 0 bridgehead atoms. The first-order valence-electron chi connectivity index (χ1n) is 12.5. The maximum absolute atomic E-state index is 12.3. The van der Waals surface area contributed by atoms with E-state index in [9.17, 15) is 14.4 Å². The normalized spacial score (nSPS) is 13.8. The fourth-order valence-electron chi connectivity index (χ4n) is 5.07. The number of aliphatic hydroxyl groups excluding tert-OH is 1. The van der Waals surface area contributed by atoms with Crippen molar-refractivity contribution in [3.8, 4) is 0 Å². The fourth-order valence-corrected chi connectivity index (χ4v) is 5.07. The summed E-state index contributed by atoms with van der Waals surface area (Å²) in [5, 5.41) is 19.0. The summed E-state index contributed by atoms with van der Waals surface area (Å²) >= 11 is 0. The Morgan fingerprint density at radius 3 is 2.40 bits per heavy atom. The number of para-hydroxylation sites is 1. The monoisotopic (exact) mass is 632 g/mol. The van der Waals surface area contributed by atoms with Gasteiger partial charge < -0.3 is 32.9 Å². The molecule has 1 radical (unpaired) electrons. The van der Waals surface area contributed by atoms with Gasteiger partial charge in [0.25, 0.3) is 11.8 Å². The van der Waals surface area contributed by atoms with Crippen molar-refractivity contribution in [2.45, 2.75) is 25.7 Å². The van der Waals surface area contributed by atoms with E-state index in [-0.39, 0.29) is 57.2 Å². The Bertz CT molecular complexity index is 1480. The number of nitrogens with zero attached hydrogens (tertiary/aromatic N) is 2. The summed E-state index contributed by atoms with van der Waals surface area (Å²) in [6.07, 6.45) is 6.16. The Morgan fingerprint density at radius 1 is 1.00 bits per heavy atom. The number of aromatic nitrogens is 2. The number of benzene rings is 2. The molecule has 11 heteroatoms. The standard InChI is InChI=1S/C17H9N3O2.C10H20N2O2.CHO.CH3.Ru/c21-16-12-9-5-3-7-18-14(9)15-11(13(12)17(22)20-16)8-4-1-2-6-10(8)19-15;13-8-7-11-5-6-12-10(14)9-3-1-2-4-9;1-2;;/h1-7H,(H2,18,19,20,21,22);9,11,13H,1-8H2,(H,12,14);1H;1H3;/q;;2*-1;+3/p-1. The van der Waals surface area contributed by atoms with Gasteiger partial charge in [0.15, 0.2) is 0 Å². The number of fused-ring (bicyclic) bond motifs is 8. The topological polar surface area (TPSA) is 152 Å². The van der Waals surface area contributed by atoms with Crippen LogP contribution < -0.4 is 20.9 Å². The first kappa shape index (κ1) is 32.7. The van der Waals surface area contributed by atoms with Crippen molar-refractivity contribution in [2.75, 3.05) is 26.2 Å². The average Bonchev–Trinajstić information content (AvgIpc) is 3.68. The Hall–Kier alpha value is -3.53. The molecular formula is C29H32N5O5Ru. The predicted octanol–water partition coefficient (Wildman–Crippen LogP) is 2.43. The minimum atomic E-state index is -0.370. The van der Waals surface area contributed by atoms with Gasteiger partial charge in [-0.1, -0.05) is 43.2 Å². The van der Waals surface area contributed by atoms with Crippen molar-refractivity contribution in [1.29, 1.82) is 0 Å². The molecule has 40 heavy (non-hydrogen) atoms. The Morgan fingerprint density at radius 2 is 1.68 bits per heavy atom. The smallest absolute Gasteiger partial charge is 0.655 e. The molecule has 0 saturated heterocycles. The number of aliphatic hydroxyl groups is 1. The number of hydrogen-bond donors (Lipinski definition) is 4. The largest absolute Gasteiger partial charge is 3.00 e. The molecule has 0 spiro atoms. The van der Waals surface area contributed by atoms with Crippen molar-refractivity contribution >= 4 is 57.2 Å². The van der Waals surface area contributed by atoms with Gasteiger partial charge in [0.05, 0.1) is 23.3 Å². The SMILES string of the molecule is O=C(NCCNCCO)C1CCCC1.O=C1NC(=O)c2c1c1cccnc1c1[n-]c3ccccc3c21.[CH-]=O.[CH3-].[Ru+3]. The maximum atomic E-state index is 12.3. The summed E-state index contributed by atoms with van der Waals surface area (Å²) in [5.41, 5.74) is 2.93. The van der Waals surface area contributed by atoms with Crippen LogP contribution in [-0.2, 0) is 29.1 Å². The molecular weight excluding hydrogens is 599 g/mol. The first-order chi connectivity index (χ1) is 18.6.